The molecule has 9 heteroatoms. The van der Waals surface area contributed by atoms with Gasteiger partial charge < -0.3 is 5.32 Å². The van der Waals surface area contributed by atoms with Crippen LogP contribution in [0.3, 0.4) is 0 Å². The van der Waals surface area contributed by atoms with Crippen molar-refractivity contribution in [2.24, 2.45) is 4.99 Å². The molecule has 0 radical (unpaired) electrons. The van der Waals surface area contributed by atoms with Gasteiger partial charge in [0.1, 0.15) is 0 Å². The minimum Gasteiger partial charge on any atom is -0.300 e. The molecule has 0 spiro atoms. The number of nitrogens with zero attached hydrogens (tertiary/aromatic N) is 2. The molecule has 3 rings (SSSR count). The highest BCUT2D eigenvalue weighted by Crippen LogP contribution is 2.39. The van der Waals surface area contributed by atoms with Gasteiger partial charge in [0, 0.05) is 17.4 Å². The Labute approximate surface area is 149 Å². The maximum atomic E-state index is 13.1. The number of nitrogens with one attached hydrogen (secondary N) is 1. The predicted molar refractivity (Wildman–Crippen MR) is 91.5 cm³/mol. The third kappa shape index (κ3) is 4.21. The molecule has 2 heterocycles. The lowest BCUT2D eigenvalue weighted by Gasteiger charge is -2.10. The van der Waals surface area contributed by atoms with E-state index in [0.717, 1.165) is 23.9 Å². The fourth-order valence-electron chi connectivity index (χ4n) is 2.04. The summed E-state index contributed by atoms with van der Waals surface area (Å²) in [6, 6.07) is 6.73. The first-order chi connectivity index (χ1) is 11.8. The number of aliphatic imine (C=N–C) groups is 1. The summed E-state index contributed by atoms with van der Waals surface area (Å²) in [6.45, 7) is 0. The quantitative estimate of drug-likeness (QED) is 0.768. The number of hydrogen-bond acceptors (Lipinski definition) is 4. The van der Waals surface area contributed by atoms with Crippen LogP contribution in [-0.2, 0) is 11.0 Å². The Balaban J connectivity index is 1.92. The number of benzene rings is 1. The molecule has 0 unspecified atom stereocenters. The maximum absolute atomic E-state index is 13.1. The third-order valence-electron chi connectivity index (χ3n) is 3.12. The van der Waals surface area contributed by atoms with Crippen LogP contribution < -0.4 is 5.32 Å². The van der Waals surface area contributed by atoms with Crippen LogP contribution in [0.5, 0.6) is 0 Å². The number of carbonyl (C=O) groups is 1. The second-order valence-electron chi connectivity index (χ2n) is 4.93. The molecule has 1 saturated heterocycles. The van der Waals surface area contributed by atoms with Crippen LogP contribution in [0.25, 0.3) is 6.08 Å². The molecule has 1 aromatic carbocycles. The SMILES string of the molecule is O=C1NC(=Nc2ccc(Cl)cc2C(F)(F)F)S/C1=C\c1cccnc1. The molecule has 128 valence electrons. The first kappa shape index (κ1) is 17.5. The number of amides is 1. The average Bonchev–Trinajstić information content (AvgIpc) is 2.88. The van der Waals surface area contributed by atoms with E-state index in [-0.39, 0.29) is 15.9 Å². The summed E-state index contributed by atoms with van der Waals surface area (Å²) >= 11 is 6.59. The van der Waals surface area contributed by atoms with Crippen LogP contribution in [0, 0.1) is 0 Å². The molecule has 1 N–H and O–H groups in total. The van der Waals surface area contributed by atoms with Crippen molar-refractivity contribution in [3.63, 3.8) is 0 Å². The van der Waals surface area contributed by atoms with Gasteiger partial charge >= 0.3 is 6.18 Å². The molecule has 0 saturated carbocycles. The molecule has 1 fully saturated rings. The summed E-state index contributed by atoms with van der Waals surface area (Å²) in [5.41, 5.74) is -0.585. The first-order valence-corrected chi connectivity index (χ1v) is 8.09. The largest absolute Gasteiger partial charge is 0.418 e. The minimum absolute atomic E-state index is 0.0449. The van der Waals surface area contributed by atoms with E-state index in [1.54, 1.807) is 30.6 Å². The molecule has 1 aromatic heterocycles. The van der Waals surface area contributed by atoms with Crippen molar-refractivity contribution < 1.29 is 18.0 Å². The van der Waals surface area contributed by atoms with Crippen LogP contribution in [0.15, 0.2) is 52.6 Å². The predicted octanol–water partition coefficient (Wildman–Crippen LogP) is 4.65. The van der Waals surface area contributed by atoms with Crippen LogP contribution >= 0.6 is 23.4 Å². The van der Waals surface area contributed by atoms with Crippen LogP contribution in [-0.4, -0.2) is 16.1 Å². The molecule has 0 bridgehead atoms. The molecule has 4 nitrogen and oxygen atoms in total. The van der Waals surface area contributed by atoms with E-state index in [9.17, 15) is 18.0 Å². The highest BCUT2D eigenvalue weighted by atomic mass is 35.5. The average molecular weight is 384 g/mol. The van der Waals surface area contributed by atoms with Gasteiger partial charge in [-0.3, -0.25) is 9.78 Å². The van der Waals surface area contributed by atoms with Gasteiger partial charge in [-0.2, -0.15) is 13.2 Å². The molecule has 2 aromatic rings. The molecular weight excluding hydrogens is 375 g/mol. The van der Waals surface area contributed by atoms with Crippen molar-refractivity contribution in [2.75, 3.05) is 0 Å². The van der Waals surface area contributed by atoms with Crippen molar-refractivity contribution in [1.82, 2.24) is 10.3 Å². The molecule has 1 aliphatic heterocycles. The van der Waals surface area contributed by atoms with E-state index in [4.69, 9.17) is 11.6 Å². The van der Waals surface area contributed by atoms with Crippen molar-refractivity contribution in [2.45, 2.75) is 6.18 Å². The van der Waals surface area contributed by atoms with Gasteiger partial charge in [-0.25, -0.2) is 4.99 Å². The topological polar surface area (TPSA) is 54.4 Å². The number of halogens is 4. The fourth-order valence-corrected chi connectivity index (χ4v) is 3.04. The zero-order chi connectivity index (χ0) is 18.0. The molecule has 25 heavy (non-hydrogen) atoms. The van der Waals surface area contributed by atoms with Crippen LogP contribution in [0.1, 0.15) is 11.1 Å². The molecule has 1 aliphatic rings. The summed E-state index contributed by atoms with van der Waals surface area (Å²) in [5.74, 6) is -0.435. The summed E-state index contributed by atoms with van der Waals surface area (Å²) in [4.78, 5) is 20.1. The smallest absolute Gasteiger partial charge is 0.300 e. The number of amidine groups is 1. The summed E-state index contributed by atoms with van der Waals surface area (Å²) in [5, 5.41) is 2.47. The lowest BCUT2D eigenvalue weighted by molar-refractivity contribution is -0.137. The van der Waals surface area contributed by atoms with Gasteiger partial charge in [0.05, 0.1) is 16.2 Å². The van der Waals surface area contributed by atoms with E-state index < -0.39 is 17.6 Å². The Morgan fingerprint density at radius 2 is 2.08 bits per heavy atom. The highest BCUT2D eigenvalue weighted by Gasteiger charge is 2.34. The number of pyridine rings is 1. The zero-order valence-corrected chi connectivity index (χ0v) is 13.9. The van der Waals surface area contributed by atoms with Crippen LogP contribution in [0.2, 0.25) is 5.02 Å². The highest BCUT2D eigenvalue weighted by molar-refractivity contribution is 8.18. The molecule has 0 atom stereocenters. The number of hydrogen-bond donors (Lipinski definition) is 1. The Hall–Kier alpha value is -2.32. The standard InChI is InChI=1S/C16H9ClF3N3OS/c17-10-3-4-12(11(7-10)16(18,19)20)22-15-23-14(24)13(25-15)6-9-2-1-5-21-8-9/h1-8H,(H,22,23,24)/b13-6-. The Morgan fingerprint density at radius 1 is 1.28 bits per heavy atom. The Morgan fingerprint density at radius 3 is 2.76 bits per heavy atom. The number of rotatable bonds is 2. The number of aromatic nitrogens is 1. The second kappa shape index (κ2) is 6.89. The van der Waals surface area contributed by atoms with Gasteiger partial charge in [-0.05, 0) is 47.7 Å². The first-order valence-electron chi connectivity index (χ1n) is 6.89. The van der Waals surface area contributed by atoms with Crippen molar-refractivity contribution >= 4 is 46.2 Å². The lowest BCUT2D eigenvalue weighted by Crippen LogP contribution is -2.19. The van der Waals surface area contributed by atoms with E-state index in [1.165, 1.54) is 6.07 Å². The molecule has 0 aliphatic carbocycles. The molecular formula is C16H9ClF3N3OS. The van der Waals surface area contributed by atoms with Gasteiger partial charge in [-0.1, -0.05) is 17.7 Å². The summed E-state index contributed by atoms with van der Waals surface area (Å²) in [7, 11) is 0. The van der Waals surface area contributed by atoms with Gasteiger partial charge in [-0.15, -0.1) is 0 Å². The zero-order valence-electron chi connectivity index (χ0n) is 12.3. The normalized spacial score (nSPS) is 18.0. The van der Waals surface area contributed by atoms with Gasteiger partial charge in [0.15, 0.2) is 5.17 Å². The number of thioether (sulfide) groups is 1. The van der Waals surface area contributed by atoms with Crippen molar-refractivity contribution in [1.29, 1.82) is 0 Å². The van der Waals surface area contributed by atoms with E-state index >= 15 is 0 Å². The minimum atomic E-state index is -4.61. The number of carbonyl (C=O) groups excluding carboxylic acids is 1. The van der Waals surface area contributed by atoms with E-state index in [0.29, 0.717) is 10.5 Å². The monoisotopic (exact) mass is 383 g/mol. The van der Waals surface area contributed by atoms with E-state index in [1.807, 2.05) is 0 Å². The van der Waals surface area contributed by atoms with Crippen LogP contribution in [0.4, 0.5) is 18.9 Å². The fraction of sp³-hybridized carbons (Fsp3) is 0.0625. The lowest BCUT2D eigenvalue weighted by atomic mass is 10.2. The Bertz CT molecular complexity index is 882. The molecule has 1 amide bonds. The Kier molecular flexibility index (Phi) is 4.82. The second-order valence-corrected chi connectivity index (χ2v) is 6.39. The number of alkyl halides is 3. The van der Waals surface area contributed by atoms with Crippen molar-refractivity contribution in [3.05, 3.63) is 63.8 Å². The van der Waals surface area contributed by atoms with Crippen molar-refractivity contribution in [3.8, 4) is 0 Å². The van der Waals surface area contributed by atoms with Gasteiger partial charge in [0.25, 0.3) is 5.91 Å². The van der Waals surface area contributed by atoms with Gasteiger partial charge in [0.2, 0.25) is 0 Å². The third-order valence-corrected chi connectivity index (χ3v) is 4.26. The maximum Gasteiger partial charge on any atom is 0.418 e. The van der Waals surface area contributed by atoms with E-state index in [2.05, 4.69) is 15.3 Å². The summed E-state index contributed by atoms with van der Waals surface area (Å²) in [6.07, 6.45) is 0.140. The summed E-state index contributed by atoms with van der Waals surface area (Å²) < 4.78 is 39.3.